The molecule has 1 heterocycles. The van der Waals surface area contributed by atoms with Crippen molar-refractivity contribution in [3.8, 4) is 6.07 Å². The molecule has 1 aromatic carbocycles. The maximum absolute atomic E-state index is 13.7. The monoisotopic (exact) mass is 340 g/mol. The van der Waals surface area contributed by atoms with Gasteiger partial charge in [0.1, 0.15) is 17.4 Å². The van der Waals surface area contributed by atoms with E-state index in [1.54, 1.807) is 0 Å². The van der Waals surface area contributed by atoms with Crippen LogP contribution in [-0.2, 0) is 5.60 Å². The van der Waals surface area contributed by atoms with Crippen molar-refractivity contribution in [2.24, 2.45) is 0 Å². The van der Waals surface area contributed by atoms with Crippen LogP contribution >= 0.6 is 23.2 Å². The van der Waals surface area contributed by atoms with Crippen LogP contribution in [0, 0.1) is 17.1 Å². The zero-order chi connectivity index (χ0) is 16.5. The number of nitriles is 1. The van der Waals surface area contributed by atoms with Crippen LogP contribution in [0.2, 0.25) is 10.3 Å². The van der Waals surface area contributed by atoms with Gasteiger partial charge in [0.2, 0.25) is 5.28 Å². The topological polar surface area (TPSA) is 81.8 Å². The normalized spacial score (nSPS) is 11.1. The van der Waals surface area contributed by atoms with Gasteiger partial charge in [-0.25, -0.2) is 9.37 Å². The molecule has 0 aliphatic rings. The first-order valence-electron chi connectivity index (χ1n) is 6.14. The van der Waals surface area contributed by atoms with Crippen molar-refractivity contribution in [3.63, 3.8) is 0 Å². The van der Waals surface area contributed by atoms with E-state index in [9.17, 15) is 9.50 Å². The molecule has 2 rings (SSSR count). The lowest BCUT2D eigenvalue weighted by molar-refractivity contribution is 0.0790. The molecular formula is C14H11Cl2FN4O. The lowest BCUT2D eigenvalue weighted by atomic mass is 9.96. The first-order chi connectivity index (χ1) is 10.2. The van der Waals surface area contributed by atoms with E-state index in [4.69, 9.17) is 28.5 Å². The van der Waals surface area contributed by atoms with Crippen molar-refractivity contribution in [1.29, 1.82) is 5.26 Å². The predicted octanol–water partition coefficient (Wildman–Crippen LogP) is 3.77. The van der Waals surface area contributed by atoms with Crippen LogP contribution < -0.4 is 5.32 Å². The molecule has 1 aromatic heterocycles. The van der Waals surface area contributed by atoms with Crippen LogP contribution in [0.15, 0.2) is 18.3 Å². The number of rotatable bonds is 3. The zero-order valence-electron chi connectivity index (χ0n) is 11.7. The van der Waals surface area contributed by atoms with Crippen LogP contribution in [-0.4, -0.2) is 15.1 Å². The Bertz CT molecular complexity index is 769. The van der Waals surface area contributed by atoms with Gasteiger partial charge in [0.05, 0.1) is 16.8 Å². The number of halogens is 3. The smallest absolute Gasteiger partial charge is 0.224 e. The molecular weight excluding hydrogens is 330 g/mol. The third kappa shape index (κ3) is 3.45. The second-order valence-corrected chi connectivity index (χ2v) is 5.75. The highest BCUT2D eigenvalue weighted by atomic mass is 35.5. The average Bonchev–Trinajstić information content (AvgIpc) is 2.41. The van der Waals surface area contributed by atoms with Crippen molar-refractivity contribution in [2.45, 2.75) is 19.4 Å². The molecule has 0 aliphatic carbocycles. The van der Waals surface area contributed by atoms with Crippen LogP contribution in [0.25, 0.3) is 0 Å². The average molecular weight is 341 g/mol. The molecule has 2 N–H and O–H groups in total. The summed E-state index contributed by atoms with van der Waals surface area (Å²) in [5.41, 5.74) is -0.623. The summed E-state index contributed by atoms with van der Waals surface area (Å²) in [4.78, 5) is 7.63. The van der Waals surface area contributed by atoms with Gasteiger partial charge in [-0.15, -0.1) is 0 Å². The molecule has 114 valence electrons. The molecule has 0 bridgehead atoms. The Hall–Kier alpha value is -1.94. The Morgan fingerprint density at radius 3 is 2.64 bits per heavy atom. The van der Waals surface area contributed by atoms with Crippen molar-refractivity contribution >= 4 is 34.7 Å². The largest absolute Gasteiger partial charge is 0.386 e. The summed E-state index contributed by atoms with van der Waals surface area (Å²) in [5, 5.41) is 21.9. The summed E-state index contributed by atoms with van der Waals surface area (Å²) in [6.45, 7) is 3.00. The second kappa shape index (κ2) is 6.05. The van der Waals surface area contributed by atoms with E-state index in [0.29, 0.717) is 5.69 Å². The van der Waals surface area contributed by atoms with Gasteiger partial charge in [-0.2, -0.15) is 10.2 Å². The maximum Gasteiger partial charge on any atom is 0.224 e. The molecule has 5 nitrogen and oxygen atoms in total. The quantitative estimate of drug-likeness (QED) is 0.831. The fraction of sp³-hybridized carbons (Fsp3) is 0.214. The van der Waals surface area contributed by atoms with Crippen molar-refractivity contribution < 1.29 is 9.50 Å². The van der Waals surface area contributed by atoms with Crippen molar-refractivity contribution in [1.82, 2.24) is 9.97 Å². The van der Waals surface area contributed by atoms with Gasteiger partial charge in [-0.3, -0.25) is 0 Å². The summed E-state index contributed by atoms with van der Waals surface area (Å²) in [5.74, 6) is -0.527. The van der Waals surface area contributed by atoms with Gasteiger partial charge in [-0.1, -0.05) is 11.6 Å². The number of benzene rings is 1. The van der Waals surface area contributed by atoms with Crippen LogP contribution in [0.5, 0.6) is 0 Å². The minimum Gasteiger partial charge on any atom is -0.386 e. The lowest BCUT2D eigenvalue weighted by Crippen LogP contribution is -2.18. The highest BCUT2D eigenvalue weighted by Crippen LogP contribution is 2.34. The first-order valence-corrected chi connectivity index (χ1v) is 6.89. The Morgan fingerprint density at radius 1 is 1.36 bits per heavy atom. The summed E-state index contributed by atoms with van der Waals surface area (Å²) in [7, 11) is 0. The fourth-order valence-corrected chi connectivity index (χ4v) is 2.12. The number of aromatic nitrogens is 2. The molecule has 0 aliphatic heterocycles. The molecule has 0 amide bonds. The number of hydrogen-bond acceptors (Lipinski definition) is 5. The third-order valence-electron chi connectivity index (χ3n) is 2.85. The fourth-order valence-electron chi connectivity index (χ4n) is 1.82. The van der Waals surface area contributed by atoms with Gasteiger partial charge >= 0.3 is 0 Å². The standard InChI is InChI=1S/C14H11Cl2FN4O/c1-14(2,22)8-3-10(17)9(15)4-11(8)20-12-7(5-18)6-19-13(16)21-12/h3-4,6,22H,1-2H3,(H,19,20,21). The molecule has 0 saturated heterocycles. The summed E-state index contributed by atoms with van der Waals surface area (Å²) in [6.07, 6.45) is 1.26. The van der Waals surface area contributed by atoms with Crippen LogP contribution in [0.1, 0.15) is 25.0 Å². The van der Waals surface area contributed by atoms with E-state index in [-0.39, 0.29) is 27.3 Å². The maximum atomic E-state index is 13.7. The minimum atomic E-state index is -1.34. The summed E-state index contributed by atoms with van der Waals surface area (Å²) >= 11 is 11.5. The molecule has 0 atom stereocenters. The number of anilines is 2. The number of hydrogen-bond donors (Lipinski definition) is 2. The Kier molecular flexibility index (Phi) is 4.52. The van der Waals surface area contributed by atoms with E-state index in [0.717, 1.165) is 6.07 Å². The highest BCUT2D eigenvalue weighted by Gasteiger charge is 2.23. The van der Waals surface area contributed by atoms with Crippen LogP contribution in [0.4, 0.5) is 15.9 Å². The van der Waals surface area contributed by atoms with E-state index < -0.39 is 11.4 Å². The Morgan fingerprint density at radius 2 is 2.05 bits per heavy atom. The Labute approximate surface area is 136 Å². The highest BCUT2D eigenvalue weighted by molar-refractivity contribution is 6.31. The molecule has 0 saturated carbocycles. The molecule has 0 spiro atoms. The van der Waals surface area contributed by atoms with Crippen molar-refractivity contribution in [3.05, 3.63) is 45.6 Å². The SMILES string of the molecule is CC(C)(O)c1cc(F)c(Cl)cc1Nc1nc(Cl)ncc1C#N. The Balaban J connectivity index is 2.57. The van der Waals surface area contributed by atoms with Gasteiger partial charge in [0.15, 0.2) is 5.82 Å². The van der Waals surface area contributed by atoms with Crippen molar-refractivity contribution in [2.75, 3.05) is 5.32 Å². The number of nitrogens with zero attached hydrogens (tertiary/aromatic N) is 3. The lowest BCUT2D eigenvalue weighted by Gasteiger charge is -2.23. The van der Waals surface area contributed by atoms with E-state index in [1.165, 1.54) is 26.1 Å². The summed E-state index contributed by atoms with van der Waals surface area (Å²) < 4.78 is 13.7. The molecule has 22 heavy (non-hydrogen) atoms. The van der Waals surface area contributed by atoms with E-state index in [1.807, 2.05) is 6.07 Å². The van der Waals surface area contributed by atoms with Gasteiger partial charge in [0.25, 0.3) is 0 Å². The van der Waals surface area contributed by atoms with E-state index >= 15 is 0 Å². The minimum absolute atomic E-state index is 0.0560. The first kappa shape index (κ1) is 16.4. The van der Waals surface area contributed by atoms with Crippen LogP contribution in [0.3, 0.4) is 0 Å². The second-order valence-electron chi connectivity index (χ2n) is 5.01. The third-order valence-corrected chi connectivity index (χ3v) is 3.32. The zero-order valence-corrected chi connectivity index (χ0v) is 13.2. The molecule has 2 aromatic rings. The predicted molar refractivity (Wildman–Crippen MR) is 81.7 cm³/mol. The number of nitrogens with one attached hydrogen (secondary N) is 1. The molecule has 0 radical (unpaired) electrons. The molecule has 0 unspecified atom stereocenters. The molecule has 8 heteroatoms. The van der Waals surface area contributed by atoms with Gasteiger partial charge < -0.3 is 10.4 Å². The molecule has 0 fully saturated rings. The van der Waals surface area contributed by atoms with E-state index in [2.05, 4.69) is 15.3 Å². The van der Waals surface area contributed by atoms with Gasteiger partial charge in [-0.05, 0) is 37.6 Å². The van der Waals surface area contributed by atoms with Gasteiger partial charge in [0, 0.05) is 11.3 Å². The summed E-state index contributed by atoms with van der Waals surface area (Å²) in [6, 6.07) is 4.34. The number of aliphatic hydroxyl groups is 1.